The number of hydrogen-bond donors (Lipinski definition) is 0. The first-order chi connectivity index (χ1) is 6.36. The van der Waals surface area contributed by atoms with E-state index in [1.807, 2.05) is 12.3 Å². The molecule has 0 bridgehead atoms. The van der Waals surface area contributed by atoms with Crippen molar-refractivity contribution in [1.29, 1.82) is 0 Å². The van der Waals surface area contributed by atoms with E-state index in [4.69, 9.17) is 0 Å². The molecule has 3 heteroatoms. The van der Waals surface area contributed by atoms with E-state index in [0.29, 0.717) is 0 Å². The lowest BCUT2D eigenvalue weighted by Gasteiger charge is -1.99. The van der Waals surface area contributed by atoms with Crippen molar-refractivity contribution in [3.8, 4) is 0 Å². The zero-order valence-electron chi connectivity index (χ0n) is 7.27. The third kappa shape index (κ3) is 1.09. The van der Waals surface area contributed by atoms with Gasteiger partial charge < -0.3 is 4.34 Å². The normalized spacial score (nSPS) is 16.7. The van der Waals surface area contributed by atoms with E-state index >= 15 is 0 Å². The molecule has 3 rings (SSSR count). The lowest BCUT2D eigenvalue weighted by Crippen LogP contribution is -1.87. The summed E-state index contributed by atoms with van der Waals surface area (Å²) in [4.78, 5) is 4.35. The first-order valence-corrected chi connectivity index (χ1v) is 5.09. The number of fused-ring (bicyclic) bond motifs is 1. The average molecular weight is 190 g/mol. The highest BCUT2D eigenvalue weighted by molar-refractivity contribution is 7.15. The van der Waals surface area contributed by atoms with Gasteiger partial charge in [0.25, 0.3) is 0 Å². The topological polar surface area (TPSA) is 17.8 Å². The van der Waals surface area contributed by atoms with Gasteiger partial charge in [-0.1, -0.05) is 0 Å². The van der Waals surface area contributed by atoms with Crippen molar-refractivity contribution in [3.63, 3.8) is 0 Å². The monoisotopic (exact) mass is 190 g/mol. The molecule has 1 aliphatic carbocycles. The SMILES string of the molecule is Pn1c(C2CC2)cc2cccnc21. The molecule has 2 heterocycles. The Hall–Kier alpha value is -0.880. The minimum Gasteiger partial charge on any atom is -0.314 e. The van der Waals surface area contributed by atoms with Gasteiger partial charge in [0, 0.05) is 17.3 Å². The van der Waals surface area contributed by atoms with E-state index in [0.717, 1.165) is 11.6 Å². The van der Waals surface area contributed by atoms with E-state index in [1.54, 1.807) is 0 Å². The second-order valence-corrected chi connectivity index (χ2v) is 4.15. The second-order valence-electron chi connectivity index (χ2n) is 3.63. The number of aromatic nitrogens is 2. The first kappa shape index (κ1) is 7.52. The molecule has 0 saturated heterocycles. The maximum Gasteiger partial charge on any atom is 0.142 e. The number of rotatable bonds is 1. The molecular formula is C10H11N2P. The van der Waals surface area contributed by atoms with Crippen molar-refractivity contribution < 1.29 is 0 Å². The van der Waals surface area contributed by atoms with Crippen LogP contribution >= 0.6 is 9.39 Å². The standard InChI is InChI=1S/C10H11N2P/c13-12-9(7-3-4-7)6-8-2-1-5-11-10(8)12/h1-2,5-7H,3-4,13H2. The Morgan fingerprint density at radius 2 is 2.31 bits per heavy atom. The third-order valence-electron chi connectivity index (χ3n) is 2.62. The zero-order chi connectivity index (χ0) is 8.84. The van der Waals surface area contributed by atoms with E-state index in [-0.39, 0.29) is 0 Å². The van der Waals surface area contributed by atoms with Gasteiger partial charge in [-0.05, 0) is 46.3 Å². The minimum atomic E-state index is 0.784. The number of hydrogen-bond acceptors (Lipinski definition) is 1. The van der Waals surface area contributed by atoms with Crippen LogP contribution in [-0.4, -0.2) is 9.32 Å². The highest BCUT2D eigenvalue weighted by atomic mass is 31.0. The maximum absolute atomic E-state index is 4.35. The molecule has 1 fully saturated rings. The number of pyridine rings is 1. The summed E-state index contributed by atoms with van der Waals surface area (Å²) in [5.41, 5.74) is 2.49. The van der Waals surface area contributed by atoms with Gasteiger partial charge in [-0.25, -0.2) is 4.98 Å². The predicted molar refractivity (Wildman–Crippen MR) is 56.8 cm³/mol. The smallest absolute Gasteiger partial charge is 0.142 e. The zero-order valence-corrected chi connectivity index (χ0v) is 8.43. The molecule has 66 valence electrons. The highest BCUT2D eigenvalue weighted by Crippen LogP contribution is 2.42. The molecule has 0 amide bonds. The minimum absolute atomic E-state index is 0.784. The van der Waals surface area contributed by atoms with Gasteiger partial charge in [0.15, 0.2) is 0 Å². The van der Waals surface area contributed by atoms with Crippen LogP contribution in [-0.2, 0) is 0 Å². The summed E-state index contributed by atoms with van der Waals surface area (Å²) in [5, 5.41) is 1.25. The van der Waals surface area contributed by atoms with E-state index < -0.39 is 0 Å². The molecule has 1 saturated carbocycles. The molecule has 1 aliphatic rings. The van der Waals surface area contributed by atoms with Crippen LogP contribution in [0.1, 0.15) is 24.5 Å². The molecule has 0 N–H and O–H groups in total. The number of nitrogens with zero attached hydrogens (tertiary/aromatic N) is 2. The van der Waals surface area contributed by atoms with Crippen molar-refractivity contribution in [2.45, 2.75) is 18.8 Å². The van der Waals surface area contributed by atoms with Gasteiger partial charge >= 0.3 is 0 Å². The molecule has 1 atom stereocenters. The lowest BCUT2D eigenvalue weighted by molar-refractivity contribution is 1.02. The highest BCUT2D eigenvalue weighted by Gasteiger charge is 2.26. The molecule has 0 aliphatic heterocycles. The summed E-state index contributed by atoms with van der Waals surface area (Å²) < 4.78 is 2.15. The van der Waals surface area contributed by atoms with Crippen molar-refractivity contribution in [1.82, 2.24) is 9.32 Å². The Kier molecular flexibility index (Phi) is 1.48. The molecule has 1 unspecified atom stereocenters. The average Bonchev–Trinajstić information content (AvgIpc) is 2.94. The Morgan fingerprint density at radius 1 is 1.46 bits per heavy atom. The van der Waals surface area contributed by atoms with Crippen molar-refractivity contribution >= 4 is 20.4 Å². The van der Waals surface area contributed by atoms with Crippen LogP contribution in [0, 0.1) is 0 Å². The Morgan fingerprint density at radius 3 is 3.00 bits per heavy atom. The van der Waals surface area contributed by atoms with E-state index in [1.165, 1.54) is 23.9 Å². The summed E-state index contributed by atoms with van der Waals surface area (Å²) in [6.07, 6.45) is 4.52. The summed E-state index contributed by atoms with van der Waals surface area (Å²) in [5.74, 6) is 0.784. The van der Waals surface area contributed by atoms with Crippen LogP contribution in [0.4, 0.5) is 0 Å². The first-order valence-electron chi connectivity index (χ1n) is 4.58. The van der Waals surface area contributed by atoms with Crippen LogP contribution in [0.2, 0.25) is 0 Å². The van der Waals surface area contributed by atoms with Gasteiger partial charge in [0.1, 0.15) is 5.65 Å². The molecule has 0 radical (unpaired) electrons. The molecule has 0 spiro atoms. The quantitative estimate of drug-likeness (QED) is 0.632. The second kappa shape index (κ2) is 2.55. The summed E-state index contributed by atoms with van der Waals surface area (Å²) in [7, 11) is 2.75. The summed E-state index contributed by atoms with van der Waals surface area (Å²) >= 11 is 0. The van der Waals surface area contributed by atoms with Gasteiger partial charge in [-0.2, -0.15) is 0 Å². The molecule has 2 nitrogen and oxygen atoms in total. The molecule has 2 aromatic rings. The molecular weight excluding hydrogens is 179 g/mol. The largest absolute Gasteiger partial charge is 0.314 e. The van der Waals surface area contributed by atoms with Gasteiger partial charge in [-0.15, -0.1) is 0 Å². The van der Waals surface area contributed by atoms with Crippen LogP contribution in [0.3, 0.4) is 0 Å². The molecule has 2 aromatic heterocycles. The summed E-state index contributed by atoms with van der Waals surface area (Å²) in [6, 6.07) is 6.37. The lowest BCUT2D eigenvalue weighted by atomic mass is 10.3. The molecule has 13 heavy (non-hydrogen) atoms. The van der Waals surface area contributed by atoms with E-state index in [9.17, 15) is 0 Å². The Bertz CT molecular complexity index is 457. The van der Waals surface area contributed by atoms with Crippen LogP contribution < -0.4 is 0 Å². The third-order valence-corrected chi connectivity index (χ3v) is 3.16. The van der Waals surface area contributed by atoms with Crippen LogP contribution in [0.15, 0.2) is 24.4 Å². The fourth-order valence-corrected chi connectivity index (χ4v) is 2.27. The fourth-order valence-electron chi connectivity index (χ4n) is 1.77. The summed E-state index contributed by atoms with van der Waals surface area (Å²) in [6.45, 7) is 0. The van der Waals surface area contributed by atoms with Gasteiger partial charge in [0.05, 0.1) is 0 Å². The predicted octanol–water partition coefficient (Wildman–Crippen LogP) is 2.55. The van der Waals surface area contributed by atoms with Gasteiger partial charge in [-0.3, -0.25) is 0 Å². The fraction of sp³-hybridized carbons (Fsp3) is 0.300. The van der Waals surface area contributed by atoms with E-state index in [2.05, 4.69) is 30.8 Å². The van der Waals surface area contributed by atoms with Crippen LogP contribution in [0.25, 0.3) is 11.0 Å². The molecule has 0 aromatic carbocycles. The van der Waals surface area contributed by atoms with Crippen molar-refractivity contribution in [2.24, 2.45) is 0 Å². The van der Waals surface area contributed by atoms with Crippen molar-refractivity contribution in [3.05, 3.63) is 30.1 Å². The maximum atomic E-state index is 4.35. The Labute approximate surface area is 79.2 Å². The Balaban J connectivity index is 2.30. The van der Waals surface area contributed by atoms with Crippen LogP contribution in [0.5, 0.6) is 0 Å². The van der Waals surface area contributed by atoms with Crippen molar-refractivity contribution in [2.75, 3.05) is 0 Å². The van der Waals surface area contributed by atoms with Gasteiger partial charge in [0.2, 0.25) is 0 Å².